The second kappa shape index (κ2) is 7.09. The van der Waals surface area contributed by atoms with Gasteiger partial charge in [0.1, 0.15) is 5.82 Å². The Morgan fingerprint density at radius 3 is 2.70 bits per heavy atom. The van der Waals surface area contributed by atoms with Crippen molar-refractivity contribution in [2.24, 2.45) is 0 Å². The smallest absolute Gasteiger partial charge is 0.240 e. The number of hydrogen-bond donors (Lipinski definition) is 2. The van der Waals surface area contributed by atoms with Crippen molar-refractivity contribution in [1.29, 1.82) is 0 Å². The van der Waals surface area contributed by atoms with Crippen LogP contribution in [0.1, 0.15) is 13.3 Å². The molecule has 2 N–H and O–H groups in total. The molecule has 0 fully saturated rings. The lowest BCUT2D eigenvalue weighted by molar-refractivity contribution is 0.0626. The van der Waals surface area contributed by atoms with Crippen LogP contribution in [0.25, 0.3) is 0 Å². The first-order valence-corrected chi connectivity index (χ1v) is 9.09. The fourth-order valence-electron chi connectivity index (χ4n) is 1.39. The van der Waals surface area contributed by atoms with E-state index in [-0.39, 0.29) is 16.5 Å². The van der Waals surface area contributed by atoms with Gasteiger partial charge in [0.25, 0.3) is 0 Å². The third kappa shape index (κ3) is 5.21. The summed E-state index contributed by atoms with van der Waals surface area (Å²) < 4.78 is 39.3. The summed E-state index contributed by atoms with van der Waals surface area (Å²) in [4.78, 5) is -0.135. The second-order valence-corrected chi connectivity index (χ2v) is 7.80. The van der Waals surface area contributed by atoms with E-state index >= 15 is 0 Å². The summed E-state index contributed by atoms with van der Waals surface area (Å²) in [7, 11) is -3.83. The fourth-order valence-corrected chi connectivity index (χ4v) is 3.47. The Kier molecular flexibility index (Phi) is 6.27. The summed E-state index contributed by atoms with van der Waals surface area (Å²) in [6.07, 6.45) is 2.36. The van der Waals surface area contributed by atoms with E-state index in [9.17, 15) is 17.9 Å². The van der Waals surface area contributed by atoms with E-state index < -0.39 is 21.4 Å². The number of nitrogens with one attached hydrogen (secondary N) is 1. The van der Waals surface area contributed by atoms with Crippen LogP contribution in [0.2, 0.25) is 5.02 Å². The Bertz CT molecular complexity index is 564. The minimum absolute atomic E-state index is 0.120. The molecule has 0 amide bonds. The predicted molar refractivity (Wildman–Crippen MR) is 80.2 cm³/mol. The lowest BCUT2D eigenvalue weighted by Crippen LogP contribution is -2.41. The highest BCUT2D eigenvalue weighted by atomic mass is 35.5. The first kappa shape index (κ1) is 17.7. The third-order valence-corrected chi connectivity index (χ3v) is 4.99. The first-order chi connectivity index (χ1) is 9.18. The highest BCUT2D eigenvalue weighted by molar-refractivity contribution is 7.98. The average molecular weight is 342 g/mol. The van der Waals surface area contributed by atoms with E-state index in [1.807, 2.05) is 6.26 Å². The maximum absolute atomic E-state index is 13.0. The van der Waals surface area contributed by atoms with E-state index in [4.69, 9.17) is 11.6 Å². The number of halogens is 2. The number of hydrogen-bond acceptors (Lipinski definition) is 4. The molecule has 0 saturated heterocycles. The molecule has 0 aliphatic rings. The van der Waals surface area contributed by atoms with Crippen LogP contribution < -0.4 is 4.72 Å². The van der Waals surface area contributed by atoms with Crippen molar-refractivity contribution in [3.05, 3.63) is 29.0 Å². The zero-order valence-electron chi connectivity index (χ0n) is 11.2. The van der Waals surface area contributed by atoms with Crippen molar-refractivity contribution in [1.82, 2.24) is 4.72 Å². The monoisotopic (exact) mass is 341 g/mol. The molecule has 1 unspecified atom stereocenters. The van der Waals surface area contributed by atoms with Crippen molar-refractivity contribution < 1.29 is 17.9 Å². The van der Waals surface area contributed by atoms with Crippen molar-refractivity contribution in [2.45, 2.75) is 23.8 Å². The summed E-state index contributed by atoms with van der Waals surface area (Å²) in [6, 6.07) is 3.15. The van der Waals surface area contributed by atoms with Gasteiger partial charge in [-0.2, -0.15) is 11.8 Å². The van der Waals surface area contributed by atoms with Crippen LogP contribution in [0.5, 0.6) is 0 Å². The van der Waals surface area contributed by atoms with Gasteiger partial charge in [-0.1, -0.05) is 11.6 Å². The molecule has 0 aliphatic heterocycles. The summed E-state index contributed by atoms with van der Waals surface area (Å²) in [5.74, 6) is 0.0366. The molecule has 0 heterocycles. The van der Waals surface area contributed by atoms with Crippen LogP contribution in [0, 0.1) is 5.82 Å². The van der Waals surface area contributed by atoms with Crippen LogP contribution >= 0.6 is 23.4 Å². The Balaban J connectivity index is 2.77. The topological polar surface area (TPSA) is 66.4 Å². The molecule has 1 aromatic rings. The average Bonchev–Trinajstić information content (AvgIpc) is 2.37. The molecule has 0 aliphatic carbocycles. The molecule has 1 aromatic carbocycles. The lowest BCUT2D eigenvalue weighted by Gasteiger charge is -2.23. The van der Waals surface area contributed by atoms with Crippen molar-refractivity contribution >= 4 is 33.4 Å². The van der Waals surface area contributed by atoms with E-state index in [1.54, 1.807) is 18.7 Å². The minimum atomic E-state index is -3.83. The summed E-state index contributed by atoms with van der Waals surface area (Å²) in [5, 5.41) is 9.77. The Morgan fingerprint density at radius 2 is 2.15 bits per heavy atom. The molecule has 0 bridgehead atoms. The zero-order chi connectivity index (χ0) is 15.4. The van der Waals surface area contributed by atoms with Gasteiger partial charge in [-0.15, -0.1) is 0 Å². The maximum atomic E-state index is 13.0. The minimum Gasteiger partial charge on any atom is -0.389 e. The lowest BCUT2D eigenvalue weighted by atomic mass is 10.1. The molecule has 8 heteroatoms. The standard InChI is InChI=1S/C12H17ClFNO3S2/c1-12(16,5-6-19-2)8-15-20(17,18)9-3-4-11(14)10(13)7-9/h3-4,7,15-16H,5-6,8H2,1-2H3. The van der Waals surface area contributed by atoms with Gasteiger partial charge in [-0.3, -0.25) is 0 Å². The molecule has 0 saturated carbocycles. The number of benzene rings is 1. The molecule has 20 heavy (non-hydrogen) atoms. The van der Waals surface area contributed by atoms with Gasteiger partial charge < -0.3 is 5.11 Å². The van der Waals surface area contributed by atoms with Crippen LogP contribution in [0.4, 0.5) is 4.39 Å². The van der Waals surface area contributed by atoms with Gasteiger partial charge in [-0.05, 0) is 43.6 Å². The summed E-state index contributed by atoms with van der Waals surface area (Å²) >= 11 is 7.12. The molecule has 4 nitrogen and oxygen atoms in total. The second-order valence-electron chi connectivity index (χ2n) is 4.64. The number of rotatable bonds is 7. The van der Waals surface area contributed by atoms with E-state index in [2.05, 4.69) is 4.72 Å². The first-order valence-electron chi connectivity index (χ1n) is 5.84. The Hall–Kier alpha value is -0.340. The SMILES string of the molecule is CSCCC(C)(O)CNS(=O)(=O)c1ccc(F)c(Cl)c1. The van der Waals surface area contributed by atoms with Crippen LogP contribution in [-0.4, -0.2) is 37.7 Å². The van der Waals surface area contributed by atoms with Gasteiger partial charge in [0.2, 0.25) is 10.0 Å². The van der Waals surface area contributed by atoms with Gasteiger partial charge in [0.05, 0.1) is 15.5 Å². The van der Waals surface area contributed by atoms with Crippen LogP contribution in [-0.2, 0) is 10.0 Å². The molecule has 1 atom stereocenters. The summed E-state index contributed by atoms with van der Waals surface area (Å²) in [5.41, 5.74) is -1.14. The van der Waals surface area contributed by atoms with E-state index in [1.165, 1.54) is 0 Å². The highest BCUT2D eigenvalue weighted by Crippen LogP contribution is 2.20. The van der Waals surface area contributed by atoms with Crippen LogP contribution in [0.3, 0.4) is 0 Å². The van der Waals surface area contributed by atoms with Crippen molar-refractivity contribution in [2.75, 3.05) is 18.6 Å². The molecule has 114 valence electrons. The third-order valence-electron chi connectivity index (χ3n) is 2.69. The Morgan fingerprint density at radius 1 is 1.50 bits per heavy atom. The fraction of sp³-hybridized carbons (Fsp3) is 0.500. The number of aliphatic hydroxyl groups is 1. The highest BCUT2D eigenvalue weighted by Gasteiger charge is 2.24. The quantitative estimate of drug-likeness (QED) is 0.798. The van der Waals surface area contributed by atoms with Crippen molar-refractivity contribution in [3.8, 4) is 0 Å². The predicted octanol–water partition coefficient (Wildman–Crippen LogP) is 2.26. The van der Waals surface area contributed by atoms with Crippen molar-refractivity contribution in [3.63, 3.8) is 0 Å². The van der Waals surface area contributed by atoms with Gasteiger partial charge in [0.15, 0.2) is 0 Å². The number of sulfonamides is 1. The molecule has 0 radical (unpaired) electrons. The van der Waals surface area contributed by atoms with E-state index in [0.29, 0.717) is 6.42 Å². The maximum Gasteiger partial charge on any atom is 0.240 e. The van der Waals surface area contributed by atoms with E-state index in [0.717, 1.165) is 24.0 Å². The molecular formula is C12H17ClFNO3S2. The van der Waals surface area contributed by atoms with Gasteiger partial charge in [0, 0.05) is 6.54 Å². The molecular weight excluding hydrogens is 325 g/mol. The molecule has 1 rings (SSSR count). The van der Waals surface area contributed by atoms with Gasteiger partial charge in [-0.25, -0.2) is 17.5 Å². The summed E-state index contributed by atoms with van der Waals surface area (Å²) in [6.45, 7) is 1.44. The largest absolute Gasteiger partial charge is 0.389 e. The normalized spacial score (nSPS) is 15.1. The molecule has 0 aromatic heterocycles. The van der Waals surface area contributed by atoms with Crippen LogP contribution in [0.15, 0.2) is 23.1 Å². The zero-order valence-corrected chi connectivity index (χ0v) is 13.6. The Labute approximate surface area is 127 Å². The van der Waals surface area contributed by atoms with Gasteiger partial charge >= 0.3 is 0 Å². The number of thioether (sulfide) groups is 1. The molecule has 0 spiro atoms.